The number of fused-ring (bicyclic) bond motifs is 5. The van der Waals surface area contributed by atoms with Crippen molar-refractivity contribution in [2.45, 2.75) is 38.3 Å². The fourth-order valence-corrected chi connectivity index (χ4v) is 5.65. The van der Waals surface area contributed by atoms with E-state index in [1.54, 1.807) is 4.90 Å². The standard InChI is InChI=1S/C29H27N3O2/c1-3-19-13-15-21(16-14-19)23-18-32-28(34)31(17-20-9-5-4-6-10-20)27(33)29(32,2)26-25(23)22-11-7-8-12-24(22)30-26/h4-16,23,30H,3,17-18H2,1-2H3/t23-,29-/m0/s1. The number of aromatic amines is 1. The van der Waals surface area contributed by atoms with Crippen LogP contribution >= 0.6 is 0 Å². The smallest absolute Gasteiger partial charge is 0.328 e. The van der Waals surface area contributed by atoms with Crippen LogP contribution in [0.15, 0.2) is 78.9 Å². The third kappa shape index (κ3) is 2.86. The number of imide groups is 1. The zero-order valence-electron chi connectivity index (χ0n) is 19.4. The van der Waals surface area contributed by atoms with E-state index in [1.165, 1.54) is 10.5 Å². The summed E-state index contributed by atoms with van der Waals surface area (Å²) in [6, 6.07) is 26.3. The van der Waals surface area contributed by atoms with Crippen LogP contribution in [-0.2, 0) is 23.3 Å². The Kier molecular flexibility index (Phi) is 4.63. The number of benzene rings is 3. The van der Waals surface area contributed by atoms with Gasteiger partial charge in [0.05, 0.1) is 12.2 Å². The Morgan fingerprint density at radius 2 is 1.62 bits per heavy atom. The zero-order chi connectivity index (χ0) is 23.4. The molecule has 34 heavy (non-hydrogen) atoms. The summed E-state index contributed by atoms with van der Waals surface area (Å²) in [5.74, 6) is -0.188. The van der Waals surface area contributed by atoms with Crippen molar-refractivity contribution in [1.29, 1.82) is 0 Å². The lowest BCUT2D eigenvalue weighted by atomic mass is 9.78. The maximum Gasteiger partial charge on any atom is 0.328 e. The molecular weight excluding hydrogens is 422 g/mol. The average Bonchev–Trinajstić information content (AvgIpc) is 3.35. The molecule has 5 nitrogen and oxygen atoms in total. The number of nitrogens with zero attached hydrogens (tertiary/aromatic N) is 2. The first kappa shape index (κ1) is 20.7. The number of hydrogen-bond acceptors (Lipinski definition) is 2. The van der Waals surface area contributed by atoms with Crippen LogP contribution in [0.4, 0.5) is 4.79 Å². The predicted octanol–water partition coefficient (Wildman–Crippen LogP) is 5.56. The summed E-state index contributed by atoms with van der Waals surface area (Å²) in [6.07, 6.45) is 0.981. The summed E-state index contributed by atoms with van der Waals surface area (Å²) >= 11 is 0. The van der Waals surface area contributed by atoms with E-state index < -0.39 is 5.54 Å². The Bertz CT molecular complexity index is 1410. The second-order valence-corrected chi connectivity index (χ2v) is 9.45. The van der Waals surface area contributed by atoms with Crippen LogP contribution in [0.2, 0.25) is 0 Å². The Labute approximate surface area is 199 Å². The van der Waals surface area contributed by atoms with Crippen molar-refractivity contribution in [3.05, 3.63) is 107 Å². The van der Waals surface area contributed by atoms with Crippen molar-refractivity contribution < 1.29 is 9.59 Å². The molecule has 4 aromatic rings. The SMILES string of the molecule is CCc1ccc([C@@H]2CN3C(=O)N(Cc4ccccc4)C(=O)[C@]3(C)c3[nH]c4ccccc4c32)cc1. The summed E-state index contributed by atoms with van der Waals surface area (Å²) < 4.78 is 0. The topological polar surface area (TPSA) is 56.4 Å². The molecule has 2 aliphatic heterocycles. The Morgan fingerprint density at radius 3 is 2.35 bits per heavy atom. The molecule has 170 valence electrons. The Hall–Kier alpha value is -3.86. The number of urea groups is 1. The van der Waals surface area contributed by atoms with E-state index in [0.29, 0.717) is 6.54 Å². The van der Waals surface area contributed by atoms with Gasteiger partial charge in [-0.15, -0.1) is 0 Å². The van der Waals surface area contributed by atoms with Crippen LogP contribution < -0.4 is 0 Å². The minimum atomic E-state index is -1.06. The zero-order valence-corrected chi connectivity index (χ0v) is 19.4. The minimum Gasteiger partial charge on any atom is -0.356 e. The summed E-state index contributed by atoms with van der Waals surface area (Å²) in [5.41, 5.74) is 5.28. The number of hydrogen-bond donors (Lipinski definition) is 1. The number of H-pyrrole nitrogens is 1. The highest BCUT2D eigenvalue weighted by atomic mass is 16.2. The summed E-state index contributed by atoms with van der Waals surface area (Å²) in [5, 5.41) is 1.12. The van der Waals surface area contributed by atoms with E-state index >= 15 is 0 Å². The van der Waals surface area contributed by atoms with Crippen molar-refractivity contribution in [3.8, 4) is 0 Å². The number of aryl methyl sites for hydroxylation is 1. The lowest BCUT2D eigenvalue weighted by Crippen LogP contribution is -2.50. The molecule has 1 N–H and O–H groups in total. The van der Waals surface area contributed by atoms with Gasteiger partial charge in [0.2, 0.25) is 0 Å². The molecule has 5 heteroatoms. The first-order valence-electron chi connectivity index (χ1n) is 11.9. The van der Waals surface area contributed by atoms with Crippen LogP contribution in [-0.4, -0.2) is 33.3 Å². The number of amides is 3. The molecule has 1 aromatic heterocycles. The molecule has 0 spiro atoms. The normalized spacial score (nSPS) is 21.8. The molecular formula is C29H27N3O2. The molecule has 1 fully saturated rings. The number of nitrogens with one attached hydrogen (secondary N) is 1. The van der Waals surface area contributed by atoms with Crippen LogP contribution in [0.3, 0.4) is 0 Å². The van der Waals surface area contributed by atoms with Crippen molar-refractivity contribution in [2.24, 2.45) is 0 Å². The molecule has 0 radical (unpaired) electrons. The maximum absolute atomic E-state index is 13.9. The van der Waals surface area contributed by atoms with E-state index in [1.807, 2.05) is 55.5 Å². The highest BCUT2D eigenvalue weighted by molar-refractivity contribution is 6.08. The van der Waals surface area contributed by atoms with E-state index in [-0.39, 0.29) is 24.4 Å². The van der Waals surface area contributed by atoms with Crippen LogP contribution in [0.25, 0.3) is 10.9 Å². The van der Waals surface area contributed by atoms with Crippen molar-refractivity contribution in [3.63, 3.8) is 0 Å². The quantitative estimate of drug-likeness (QED) is 0.415. The molecule has 2 atom stereocenters. The van der Waals surface area contributed by atoms with Gasteiger partial charge in [0, 0.05) is 23.4 Å². The van der Waals surface area contributed by atoms with Crippen molar-refractivity contribution >= 4 is 22.8 Å². The second kappa shape index (κ2) is 7.59. The molecule has 0 aliphatic carbocycles. The van der Waals surface area contributed by atoms with Crippen molar-refractivity contribution in [2.75, 3.05) is 6.54 Å². The number of para-hydroxylation sites is 1. The molecule has 0 saturated carbocycles. The fraction of sp³-hybridized carbons (Fsp3) is 0.241. The maximum atomic E-state index is 13.9. The number of carbonyl (C=O) groups is 2. The molecule has 1 saturated heterocycles. The Morgan fingerprint density at radius 1 is 0.912 bits per heavy atom. The molecule has 0 unspecified atom stereocenters. The van der Waals surface area contributed by atoms with Crippen molar-refractivity contribution in [1.82, 2.24) is 14.8 Å². The van der Waals surface area contributed by atoms with Crippen LogP contribution in [0.1, 0.15) is 47.7 Å². The fourth-order valence-electron chi connectivity index (χ4n) is 5.65. The first-order valence-corrected chi connectivity index (χ1v) is 11.9. The molecule has 3 aromatic carbocycles. The number of rotatable bonds is 4. The van der Waals surface area contributed by atoms with Gasteiger partial charge in [-0.2, -0.15) is 0 Å². The lowest BCUT2D eigenvalue weighted by Gasteiger charge is -2.40. The van der Waals surface area contributed by atoms with Crippen LogP contribution in [0, 0.1) is 0 Å². The molecule has 0 bridgehead atoms. The first-order chi connectivity index (χ1) is 16.5. The third-order valence-corrected chi connectivity index (χ3v) is 7.58. The van der Waals surface area contributed by atoms with Gasteiger partial charge in [0.25, 0.3) is 5.91 Å². The van der Waals surface area contributed by atoms with Gasteiger partial charge in [-0.3, -0.25) is 9.69 Å². The number of aromatic nitrogens is 1. The van der Waals surface area contributed by atoms with E-state index in [9.17, 15) is 9.59 Å². The predicted molar refractivity (Wildman–Crippen MR) is 132 cm³/mol. The lowest BCUT2D eigenvalue weighted by molar-refractivity contribution is -0.133. The molecule has 3 amide bonds. The van der Waals surface area contributed by atoms with Gasteiger partial charge < -0.3 is 9.88 Å². The van der Waals surface area contributed by atoms with Crippen LogP contribution in [0.5, 0.6) is 0 Å². The highest BCUT2D eigenvalue weighted by Crippen LogP contribution is 2.49. The monoisotopic (exact) mass is 449 g/mol. The average molecular weight is 450 g/mol. The second-order valence-electron chi connectivity index (χ2n) is 9.45. The van der Waals surface area contributed by atoms with Gasteiger partial charge in [0.15, 0.2) is 5.54 Å². The molecule has 6 rings (SSSR count). The third-order valence-electron chi connectivity index (χ3n) is 7.58. The summed E-state index contributed by atoms with van der Waals surface area (Å²) in [6.45, 7) is 4.78. The Balaban J connectivity index is 1.51. The van der Waals surface area contributed by atoms with Gasteiger partial charge in [-0.25, -0.2) is 4.79 Å². The van der Waals surface area contributed by atoms with E-state index in [0.717, 1.165) is 39.7 Å². The van der Waals surface area contributed by atoms with Gasteiger partial charge in [-0.05, 0) is 41.7 Å². The van der Waals surface area contributed by atoms with E-state index in [4.69, 9.17) is 0 Å². The molecule has 3 heterocycles. The highest BCUT2D eigenvalue weighted by Gasteiger charge is 2.60. The van der Waals surface area contributed by atoms with Gasteiger partial charge in [-0.1, -0.05) is 79.7 Å². The van der Waals surface area contributed by atoms with Gasteiger partial charge in [0.1, 0.15) is 0 Å². The number of carbonyl (C=O) groups excluding carboxylic acids is 2. The summed E-state index contributed by atoms with van der Waals surface area (Å²) in [4.78, 5) is 34.3. The molecule has 2 aliphatic rings. The van der Waals surface area contributed by atoms with Gasteiger partial charge >= 0.3 is 6.03 Å². The minimum absolute atomic E-state index is 0.0152. The largest absolute Gasteiger partial charge is 0.356 e. The summed E-state index contributed by atoms with van der Waals surface area (Å²) in [7, 11) is 0. The van der Waals surface area contributed by atoms with E-state index in [2.05, 4.69) is 42.2 Å².